The molecule has 0 unspecified atom stereocenters. The molecule has 0 spiro atoms. The third-order valence-corrected chi connectivity index (χ3v) is 0.105. The molecule has 0 saturated carbocycles. The fourth-order valence-electron chi connectivity index (χ4n) is 0. The second kappa shape index (κ2) is 2.56. The third kappa shape index (κ3) is 1.56. The van der Waals surface area contributed by atoms with Gasteiger partial charge in [-0.25, -0.2) is 0 Å². The zero-order valence-electron chi connectivity index (χ0n) is 2.31. The van der Waals surface area contributed by atoms with E-state index in [2.05, 4.69) is 10.6 Å². The fraction of sp³-hybridized carbons (Fsp3) is 1.00. The summed E-state index contributed by atoms with van der Waals surface area (Å²) < 4.78 is 0. The van der Waals surface area contributed by atoms with Crippen LogP contribution in [0, 0.1) is 0 Å². The fourth-order valence-corrected chi connectivity index (χ4v) is 0. The Balaban J connectivity index is 2.30. The van der Waals surface area contributed by atoms with Gasteiger partial charge in [0, 0.05) is 0 Å². The van der Waals surface area contributed by atoms with Crippen molar-refractivity contribution in [2.45, 2.75) is 0 Å². The summed E-state index contributed by atoms with van der Waals surface area (Å²) in [6.07, 6.45) is 0. The van der Waals surface area contributed by atoms with Crippen molar-refractivity contribution in [3.8, 4) is 0 Å². The average Bonchev–Trinajstić information content (AvgIpc) is 1.37. The van der Waals surface area contributed by atoms with E-state index in [1.54, 1.807) is 0 Å². The highest BCUT2D eigenvalue weighted by molar-refractivity contribution is 4.01. The molecule has 0 aromatic carbocycles. The van der Waals surface area contributed by atoms with Crippen molar-refractivity contribution in [2.75, 3.05) is 6.67 Å². The predicted molar refractivity (Wildman–Crippen MR) is 13.4 cm³/mol. The molecule has 0 radical (unpaired) electrons. The van der Waals surface area contributed by atoms with Crippen LogP contribution in [0.5, 0.6) is 0 Å². The molecule has 3 heteroatoms. The van der Waals surface area contributed by atoms with Crippen LogP contribution in [0.25, 0.3) is 0 Å². The summed E-state index contributed by atoms with van der Waals surface area (Å²) in [6.45, 7) is 0.222. The van der Waals surface area contributed by atoms with E-state index < -0.39 is 0 Å². The second-order valence-electron chi connectivity index (χ2n) is 0.365. The van der Waals surface area contributed by atoms with Crippen LogP contribution in [0.15, 0.2) is 5.11 Å². The Morgan fingerprint density at radius 3 is 2.25 bits per heavy atom. The average molecular weight is 60.1 g/mol. The minimum Gasteiger partial charge on any atom is -0.307 e. The lowest BCUT2D eigenvalue weighted by atomic mass is 11.3. The summed E-state index contributed by atoms with van der Waals surface area (Å²) in [5, 5.41) is 3.01. The molecule has 0 saturated heterocycles. The van der Waals surface area contributed by atoms with Gasteiger partial charge in [0.1, 0.15) is 6.67 Å². The SMILES string of the molecule is NCN=[NH2+]. The van der Waals surface area contributed by atoms with Crippen LogP contribution in [-0.4, -0.2) is 6.67 Å². The van der Waals surface area contributed by atoms with Gasteiger partial charge in [0.2, 0.25) is 0 Å². The molecule has 0 atom stereocenters. The van der Waals surface area contributed by atoms with Gasteiger partial charge in [0.05, 0.1) is 0 Å². The van der Waals surface area contributed by atoms with Crippen LogP contribution in [0.4, 0.5) is 0 Å². The Bertz CT molecular complexity index is 17.2. The molecule has 4 N–H and O–H groups in total. The molecule has 0 aliphatic carbocycles. The quantitative estimate of drug-likeness (QED) is 0.341. The van der Waals surface area contributed by atoms with Gasteiger partial charge in [0.25, 0.3) is 0 Å². The molecule has 0 aliphatic heterocycles. The van der Waals surface area contributed by atoms with Gasteiger partial charge in [0.15, 0.2) is 0 Å². The molecular formula is CH6N3+. The summed E-state index contributed by atoms with van der Waals surface area (Å²) in [6, 6.07) is 0. The van der Waals surface area contributed by atoms with Crippen molar-refractivity contribution in [2.24, 2.45) is 10.8 Å². The number of nitrogens with zero attached hydrogens (tertiary/aromatic N) is 1. The second-order valence-corrected chi connectivity index (χ2v) is 0.365. The molecule has 0 fully saturated rings. The Kier molecular flexibility index (Phi) is 2.28. The highest BCUT2D eigenvalue weighted by atomic mass is 15.0. The summed E-state index contributed by atoms with van der Waals surface area (Å²) in [5.74, 6) is 0. The van der Waals surface area contributed by atoms with E-state index >= 15 is 0 Å². The first-order chi connectivity index (χ1) is 1.91. The Hall–Kier alpha value is -0.440. The summed E-state index contributed by atoms with van der Waals surface area (Å²) in [5.41, 5.74) is 9.26. The number of hydrogen-bond donors (Lipinski definition) is 2. The highest BCUT2D eigenvalue weighted by Crippen LogP contribution is 1.29. The van der Waals surface area contributed by atoms with Gasteiger partial charge in [-0.2, -0.15) is 5.53 Å². The molecule has 0 rings (SSSR count). The Morgan fingerprint density at radius 2 is 2.25 bits per heavy atom. The van der Waals surface area contributed by atoms with Crippen molar-refractivity contribution in [1.29, 1.82) is 0 Å². The zero-order chi connectivity index (χ0) is 3.41. The maximum Gasteiger partial charge on any atom is 0.149 e. The normalized spacial score (nSPS) is 6.25. The van der Waals surface area contributed by atoms with E-state index in [1.807, 2.05) is 0 Å². The van der Waals surface area contributed by atoms with Crippen LogP contribution in [0.3, 0.4) is 0 Å². The highest BCUT2D eigenvalue weighted by Gasteiger charge is 1.51. The number of nitrogens with two attached hydrogens (primary N) is 2. The summed E-state index contributed by atoms with van der Waals surface area (Å²) in [4.78, 5) is 0. The molecule has 0 aromatic heterocycles. The van der Waals surface area contributed by atoms with Crippen molar-refractivity contribution < 1.29 is 5.53 Å². The van der Waals surface area contributed by atoms with Gasteiger partial charge in [-0.05, 0) is 5.11 Å². The molecule has 0 heterocycles. The third-order valence-electron chi connectivity index (χ3n) is 0.105. The molecule has 0 amide bonds. The zero-order valence-corrected chi connectivity index (χ0v) is 2.31. The van der Waals surface area contributed by atoms with E-state index in [-0.39, 0.29) is 6.67 Å². The number of rotatable bonds is 1. The summed E-state index contributed by atoms with van der Waals surface area (Å²) in [7, 11) is 0. The Labute approximate surface area is 24.3 Å². The molecule has 4 heavy (non-hydrogen) atoms. The number of hydrogen-bond acceptors (Lipinski definition) is 2. The van der Waals surface area contributed by atoms with Gasteiger partial charge in [-0.15, -0.1) is 0 Å². The van der Waals surface area contributed by atoms with Crippen LogP contribution in [0.2, 0.25) is 0 Å². The van der Waals surface area contributed by atoms with Gasteiger partial charge >= 0.3 is 0 Å². The smallest absolute Gasteiger partial charge is 0.149 e. The lowest BCUT2D eigenvalue weighted by Gasteiger charge is -1.54. The Morgan fingerprint density at radius 1 is 2.00 bits per heavy atom. The van der Waals surface area contributed by atoms with Crippen molar-refractivity contribution in [1.82, 2.24) is 0 Å². The molecule has 3 nitrogen and oxygen atoms in total. The largest absolute Gasteiger partial charge is 0.307 e. The first kappa shape index (κ1) is 3.56. The molecule has 24 valence electrons. The topological polar surface area (TPSA) is 64.0 Å². The predicted octanol–water partition coefficient (Wildman–Crippen LogP) is -1.89. The monoisotopic (exact) mass is 60.1 g/mol. The first-order valence-electron chi connectivity index (χ1n) is 0.983. The van der Waals surface area contributed by atoms with E-state index in [0.29, 0.717) is 0 Å². The molecule has 0 aliphatic rings. The van der Waals surface area contributed by atoms with Crippen LogP contribution >= 0.6 is 0 Å². The molecule has 0 bridgehead atoms. The van der Waals surface area contributed by atoms with Gasteiger partial charge in [-0.3, -0.25) is 0 Å². The first-order valence-corrected chi connectivity index (χ1v) is 0.983. The van der Waals surface area contributed by atoms with Gasteiger partial charge < -0.3 is 5.73 Å². The van der Waals surface area contributed by atoms with Crippen molar-refractivity contribution in [3.63, 3.8) is 0 Å². The lowest BCUT2D eigenvalue weighted by molar-refractivity contribution is -0.221. The van der Waals surface area contributed by atoms with E-state index in [9.17, 15) is 0 Å². The van der Waals surface area contributed by atoms with Crippen molar-refractivity contribution >= 4 is 0 Å². The van der Waals surface area contributed by atoms with Gasteiger partial charge in [-0.1, -0.05) is 0 Å². The van der Waals surface area contributed by atoms with Crippen LogP contribution < -0.4 is 11.3 Å². The molecule has 0 aromatic rings. The van der Waals surface area contributed by atoms with Crippen LogP contribution in [-0.2, 0) is 0 Å². The van der Waals surface area contributed by atoms with E-state index in [0.717, 1.165) is 0 Å². The maximum atomic E-state index is 4.74. The lowest BCUT2D eigenvalue weighted by Crippen LogP contribution is -2.26. The minimum atomic E-state index is 0.222. The maximum absolute atomic E-state index is 4.74. The van der Waals surface area contributed by atoms with E-state index in [1.165, 1.54) is 0 Å². The molecular weight excluding hydrogens is 54.0 g/mol. The van der Waals surface area contributed by atoms with Crippen LogP contribution in [0.1, 0.15) is 0 Å². The summed E-state index contributed by atoms with van der Waals surface area (Å²) >= 11 is 0. The minimum absolute atomic E-state index is 0.222. The standard InChI is InChI=1S/CH5N3/c2-1-4-3/h3H,1-2H2/p+1. The van der Waals surface area contributed by atoms with E-state index in [4.69, 9.17) is 5.73 Å². The van der Waals surface area contributed by atoms with Crippen molar-refractivity contribution in [3.05, 3.63) is 0 Å².